The minimum absolute atomic E-state index is 0.283. The summed E-state index contributed by atoms with van der Waals surface area (Å²) in [6.07, 6.45) is 5.57. The van der Waals surface area contributed by atoms with Crippen LogP contribution in [0.3, 0.4) is 0 Å². The molecule has 0 unspecified atom stereocenters. The van der Waals surface area contributed by atoms with Gasteiger partial charge in [-0.3, -0.25) is 9.78 Å². The number of carbonyl (C=O) groups excluding carboxylic acids is 1. The van der Waals surface area contributed by atoms with Gasteiger partial charge in [-0.25, -0.2) is 0 Å². The number of hydrogen-bond donors (Lipinski definition) is 0. The van der Waals surface area contributed by atoms with Crippen LogP contribution in [0.1, 0.15) is 27.2 Å². The standard InChI is InChI=1S/C23H19N3OS/c1-5-10-26-20-12-14(2)11-15(3)21(20)28-23(26)25-22(27)18-8-9-19-17(13-18)7-6-16(4)24-19/h1,6-9,11-13H,10H2,2-4H3. The van der Waals surface area contributed by atoms with Gasteiger partial charge in [0.25, 0.3) is 5.91 Å². The summed E-state index contributed by atoms with van der Waals surface area (Å²) in [5.74, 6) is 2.39. The maximum Gasteiger partial charge on any atom is 0.279 e. The van der Waals surface area contributed by atoms with Gasteiger partial charge in [-0.1, -0.05) is 29.4 Å². The Morgan fingerprint density at radius 1 is 1.18 bits per heavy atom. The van der Waals surface area contributed by atoms with E-state index in [-0.39, 0.29) is 5.91 Å². The molecular formula is C23H19N3OS. The second-order valence-corrected chi connectivity index (χ2v) is 7.86. The Bertz CT molecular complexity index is 1350. The zero-order valence-corrected chi connectivity index (χ0v) is 16.8. The minimum Gasteiger partial charge on any atom is -0.305 e. The molecule has 0 aliphatic carbocycles. The molecule has 138 valence electrons. The SMILES string of the molecule is C#CCn1c(=NC(=O)c2ccc3nc(C)ccc3c2)sc2c(C)cc(C)cc21. The van der Waals surface area contributed by atoms with Gasteiger partial charge in [0.05, 0.1) is 22.3 Å². The Balaban J connectivity index is 1.86. The lowest BCUT2D eigenvalue weighted by Crippen LogP contribution is -2.16. The zero-order valence-electron chi connectivity index (χ0n) is 16.0. The van der Waals surface area contributed by atoms with Crippen molar-refractivity contribution in [3.05, 3.63) is 69.7 Å². The summed E-state index contributed by atoms with van der Waals surface area (Å²) < 4.78 is 3.04. The van der Waals surface area contributed by atoms with Gasteiger partial charge in [0.1, 0.15) is 0 Å². The van der Waals surface area contributed by atoms with Gasteiger partial charge in [-0.15, -0.1) is 6.42 Å². The highest BCUT2D eigenvalue weighted by atomic mass is 32.1. The largest absolute Gasteiger partial charge is 0.305 e. The number of fused-ring (bicyclic) bond motifs is 2. The Labute approximate surface area is 167 Å². The molecule has 0 bridgehead atoms. The Morgan fingerprint density at radius 3 is 2.79 bits per heavy atom. The molecule has 28 heavy (non-hydrogen) atoms. The molecule has 4 rings (SSSR count). The third kappa shape index (κ3) is 3.23. The molecule has 0 atom stereocenters. The normalized spacial score (nSPS) is 11.9. The Kier molecular flexibility index (Phi) is 4.58. The molecule has 0 N–H and O–H groups in total. The highest BCUT2D eigenvalue weighted by Gasteiger charge is 2.11. The van der Waals surface area contributed by atoms with Crippen molar-refractivity contribution in [3.8, 4) is 12.3 Å². The fraction of sp³-hybridized carbons (Fsp3) is 0.174. The maximum absolute atomic E-state index is 12.9. The van der Waals surface area contributed by atoms with E-state index in [1.807, 2.05) is 35.8 Å². The number of amides is 1. The van der Waals surface area contributed by atoms with Crippen molar-refractivity contribution in [1.82, 2.24) is 9.55 Å². The van der Waals surface area contributed by atoms with E-state index in [4.69, 9.17) is 6.42 Å². The zero-order chi connectivity index (χ0) is 19.8. The molecule has 0 radical (unpaired) electrons. The molecule has 0 spiro atoms. The molecule has 1 amide bonds. The lowest BCUT2D eigenvalue weighted by Gasteiger charge is -2.03. The molecule has 5 heteroatoms. The number of benzene rings is 2. The van der Waals surface area contributed by atoms with Crippen LogP contribution in [-0.4, -0.2) is 15.5 Å². The number of aryl methyl sites for hydroxylation is 3. The number of carbonyl (C=O) groups is 1. The molecular weight excluding hydrogens is 366 g/mol. The van der Waals surface area contributed by atoms with Gasteiger partial charge < -0.3 is 4.57 Å². The lowest BCUT2D eigenvalue weighted by atomic mass is 10.1. The monoisotopic (exact) mass is 385 g/mol. The molecule has 2 aromatic heterocycles. The highest BCUT2D eigenvalue weighted by molar-refractivity contribution is 7.16. The van der Waals surface area contributed by atoms with Crippen LogP contribution < -0.4 is 4.80 Å². The average Bonchev–Trinajstić information content (AvgIpc) is 2.99. The summed E-state index contributed by atoms with van der Waals surface area (Å²) in [6.45, 7) is 6.44. The van der Waals surface area contributed by atoms with E-state index in [1.54, 1.807) is 6.07 Å². The van der Waals surface area contributed by atoms with E-state index in [0.29, 0.717) is 16.9 Å². The smallest absolute Gasteiger partial charge is 0.279 e. The topological polar surface area (TPSA) is 47.2 Å². The van der Waals surface area contributed by atoms with Crippen molar-refractivity contribution in [1.29, 1.82) is 0 Å². The lowest BCUT2D eigenvalue weighted by molar-refractivity contribution is 0.0998. The van der Waals surface area contributed by atoms with Crippen LogP contribution in [0.25, 0.3) is 21.1 Å². The molecule has 0 aliphatic rings. The maximum atomic E-state index is 12.9. The molecule has 0 saturated carbocycles. The number of hydrogen-bond acceptors (Lipinski definition) is 3. The quantitative estimate of drug-likeness (QED) is 0.475. The number of aromatic nitrogens is 2. The van der Waals surface area contributed by atoms with E-state index in [1.165, 1.54) is 11.3 Å². The molecule has 0 saturated heterocycles. The number of thiazole rings is 1. The van der Waals surface area contributed by atoms with Gasteiger partial charge in [-0.05, 0) is 62.2 Å². The number of rotatable bonds is 2. The summed E-state index contributed by atoms with van der Waals surface area (Å²) in [5, 5.41) is 0.922. The van der Waals surface area contributed by atoms with Crippen LogP contribution in [0, 0.1) is 33.1 Å². The fourth-order valence-electron chi connectivity index (χ4n) is 3.35. The summed E-state index contributed by atoms with van der Waals surface area (Å²) in [6, 6.07) is 13.6. The van der Waals surface area contributed by atoms with Crippen molar-refractivity contribution >= 4 is 38.4 Å². The van der Waals surface area contributed by atoms with E-state index >= 15 is 0 Å². The van der Waals surface area contributed by atoms with Crippen molar-refractivity contribution in [2.45, 2.75) is 27.3 Å². The molecule has 2 aromatic carbocycles. The molecule has 4 aromatic rings. The van der Waals surface area contributed by atoms with Gasteiger partial charge in [-0.2, -0.15) is 4.99 Å². The molecule has 4 nitrogen and oxygen atoms in total. The average molecular weight is 385 g/mol. The predicted octanol–water partition coefficient (Wildman–Crippen LogP) is 4.55. The van der Waals surface area contributed by atoms with Gasteiger partial charge in [0.15, 0.2) is 4.80 Å². The second kappa shape index (κ2) is 7.06. The third-order valence-corrected chi connectivity index (χ3v) is 5.87. The number of nitrogens with zero attached hydrogens (tertiary/aromatic N) is 3. The first-order chi connectivity index (χ1) is 13.5. The van der Waals surface area contributed by atoms with Gasteiger partial charge in [0, 0.05) is 16.6 Å². The first-order valence-corrected chi connectivity index (χ1v) is 9.78. The summed E-state index contributed by atoms with van der Waals surface area (Å²) in [5.41, 5.74) is 5.69. The van der Waals surface area contributed by atoms with Gasteiger partial charge >= 0.3 is 0 Å². The van der Waals surface area contributed by atoms with Crippen LogP contribution in [0.4, 0.5) is 0 Å². The number of terminal acetylenes is 1. The molecule has 0 fully saturated rings. The fourth-order valence-corrected chi connectivity index (χ4v) is 4.43. The van der Waals surface area contributed by atoms with E-state index in [0.717, 1.165) is 37.9 Å². The Hall–Kier alpha value is -3.23. The van der Waals surface area contributed by atoms with Crippen molar-refractivity contribution in [3.63, 3.8) is 0 Å². The van der Waals surface area contributed by atoms with Crippen molar-refractivity contribution < 1.29 is 4.79 Å². The van der Waals surface area contributed by atoms with Crippen LogP contribution in [0.15, 0.2) is 47.5 Å². The van der Waals surface area contributed by atoms with Crippen LogP contribution in [-0.2, 0) is 6.54 Å². The highest BCUT2D eigenvalue weighted by Crippen LogP contribution is 2.23. The predicted molar refractivity (Wildman–Crippen MR) is 114 cm³/mol. The van der Waals surface area contributed by atoms with E-state index < -0.39 is 0 Å². The van der Waals surface area contributed by atoms with Gasteiger partial charge in [0.2, 0.25) is 0 Å². The molecule has 2 heterocycles. The van der Waals surface area contributed by atoms with Crippen molar-refractivity contribution in [2.75, 3.05) is 0 Å². The van der Waals surface area contributed by atoms with Crippen molar-refractivity contribution in [2.24, 2.45) is 4.99 Å². The number of pyridine rings is 1. The van der Waals surface area contributed by atoms with E-state index in [9.17, 15) is 4.79 Å². The molecule has 0 aliphatic heterocycles. The summed E-state index contributed by atoms with van der Waals surface area (Å²) in [7, 11) is 0. The van der Waals surface area contributed by atoms with E-state index in [2.05, 4.69) is 41.9 Å². The summed E-state index contributed by atoms with van der Waals surface area (Å²) in [4.78, 5) is 22.4. The van der Waals surface area contributed by atoms with Crippen LogP contribution in [0.2, 0.25) is 0 Å². The van der Waals surface area contributed by atoms with Crippen LogP contribution >= 0.6 is 11.3 Å². The first-order valence-electron chi connectivity index (χ1n) is 8.97. The second-order valence-electron chi connectivity index (χ2n) is 6.88. The Morgan fingerprint density at radius 2 is 2.00 bits per heavy atom. The van der Waals surface area contributed by atoms with Crippen LogP contribution in [0.5, 0.6) is 0 Å². The minimum atomic E-state index is -0.283. The first kappa shape index (κ1) is 18.1. The summed E-state index contributed by atoms with van der Waals surface area (Å²) >= 11 is 1.50. The third-order valence-electron chi connectivity index (χ3n) is 4.64.